The molecule has 12 nitrogen and oxygen atoms in total. The second-order valence-corrected chi connectivity index (χ2v) is 48.6. The Labute approximate surface area is 782 Å². The lowest BCUT2D eigenvalue weighted by Gasteiger charge is -2.31. The first-order valence-electron chi connectivity index (χ1n) is 45.5. The van der Waals surface area contributed by atoms with Gasteiger partial charge in [-0.2, -0.15) is 0 Å². The number of nitrogens with one attached hydrogen (secondary N) is 1. The molecular formula is C115H175NO11S. The molecule has 0 atom stereocenters. The molecule has 0 heterocycles. The zero-order valence-corrected chi connectivity index (χ0v) is 86.9. The number of phenols is 7. The number of phenolic OH excluding ortho intramolecular Hbond substituents is 7. The molecule has 0 aromatic heterocycles. The molecular weight excluding hydrogens is 1600 g/mol. The lowest BCUT2D eigenvalue weighted by molar-refractivity contribution is -0.143. The van der Waals surface area contributed by atoms with Gasteiger partial charge in [0.2, 0.25) is 5.91 Å². The topological polar surface area (TPSA) is 214 Å². The van der Waals surface area contributed by atoms with Crippen LogP contribution in [0.25, 0.3) is 0 Å². The van der Waals surface area contributed by atoms with Gasteiger partial charge in [-0.05, 0) is 239 Å². The Kier molecular flexibility index (Phi) is 39.3. The molecule has 0 bridgehead atoms. The highest BCUT2D eigenvalue weighted by Crippen LogP contribution is 2.50. The molecule has 0 unspecified atom stereocenters. The molecule has 1 amide bonds. The number of ether oxygens (including phenoxy) is 1. The van der Waals surface area contributed by atoms with E-state index in [-0.39, 0.29) is 103 Å². The van der Waals surface area contributed by atoms with Gasteiger partial charge in [0, 0.05) is 62.9 Å². The summed E-state index contributed by atoms with van der Waals surface area (Å²) in [5.41, 5.74) is 19.4. The van der Waals surface area contributed by atoms with Crippen LogP contribution in [0.3, 0.4) is 0 Å². The largest absolute Gasteiger partial charge is 0.508 e. The molecule has 8 aromatic rings. The van der Waals surface area contributed by atoms with E-state index in [0.29, 0.717) is 79.0 Å². The molecule has 712 valence electrons. The number of aryl methyl sites for hydroxylation is 6. The predicted octanol–water partition coefficient (Wildman–Crippen LogP) is 31.0. The second kappa shape index (κ2) is 43.6. The molecule has 8 aromatic carbocycles. The van der Waals surface area contributed by atoms with Crippen molar-refractivity contribution in [3.05, 3.63) is 220 Å². The molecule has 0 spiro atoms. The monoisotopic (exact) mass is 1780 g/mol. The third-order valence-corrected chi connectivity index (χ3v) is 24.3. The van der Waals surface area contributed by atoms with Crippen LogP contribution < -0.4 is 5.32 Å². The van der Waals surface area contributed by atoms with Crippen LogP contribution in [0.4, 0.5) is 5.69 Å². The van der Waals surface area contributed by atoms with Crippen LogP contribution in [-0.4, -0.2) is 60.0 Å². The molecule has 8 rings (SSSR count). The number of aromatic hydroxyl groups is 7. The van der Waals surface area contributed by atoms with Crippen LogP contribution >= 0.6 is 11.8 Å². The van der Waals surface area contributed by atoms with E-state index < -0.39 is 0 Å². The van der Waals surface area contributed by atoms with Crippen LogP contribution in [-0.2, 0) is 103 Å². The fourth-order valence-corrected chi connectivity index (χ4v) is 15.9. The lowest BCUT2D eigenvalue weighted by Crippen LogP contribution is -2.19. The minimum absolute atomic E-state index is 0. The lowest BCUT2D eigenvalue weighted by atomic mass is 9.74. The van der Waals surface area contributed by atoms with Gasteiger partial charge in [0.25, 0.3) is 0 Å². The van der Waals surface area contributed by atoms with Crippen molar-refractivity contribution >= 4 is 35.1 Å². The van der Waals surface area contributed by atoms with E-state index in [1.54, 1.807) is 18.7 Å². The summed E-state index contributed by atoms with van der Waals surface area (Å²) in [5, 5.41) is 78.5. The molecule has 0 aliphatic rings. The summed E-state index contributed by atoms with van der Waals surface area (Å²) in [6.07, 6.45) is 3.34. The highest BCUT2D eigenvalue weighted by Gasteiger charge is 2.35. The van der Waals surface area contributed by atoms with Crippen molar-refractivity contribution in [2.45, 2.75) is 425 Å². The van der Waals surface area contributed by atoms with Crippen LogP contribution in [0.1, 0.15) is 421 Å². The maximum Gasteiger partial charge on any atom is 0.306 e. The van der Waals surface area contributed by atoms with Gasteiger partial charge in [-0.3, -0.25) is 9.59 Å². The Hall–Kier alpha value is -8.68. The summed E-state index contributed by atoms with van der Waals surface area (Å²) < 4.78 is 4.99. The zero-order valence-electron chi connectivity index (χ0n) is 86.1. The number of hydrogen-bond donors (Lipinski definition) is 8. The van der Waals surface area contributed by atoms with Crippen molar-refractivity contribution in [3.63, 3.8) is 0 Å². The van der Waals surface area contributed by atoms with Crippen molar-refractivity contribution in [1.29, 1.82) is 0 Å². The summed E-state index contributed by atoms with van der Waals surface area (Å²) in [5.74, 6) is 2.42. The highest BCUT2D eigenvalue weighted by atomic mass is 32.2. The Morgan fingerprint density at radius 1 is 0.336 bits per heavy atom. The Morgan fingerprint density at radius 3 is 0.844 bits per heavy atom. The molecule has 0 aliphatic carbocycles. The Bertz CT molecular complexity index is 4830. The SMILES string of the molecule is C.C.CC(=O)CCc1cc(C(C)(C)C)c(O)c(C(C)(C)C)c1.CC(c1cc(C(C)(C)C)cc(C(C)(C)C)c1O)c1cc(C(C)(C)C)cc(C(C)(C)C)c1O.CCOC(=O)CCc1cc(C(C)(C)C)c(O)c(C(C)(C)C)c1.Cc1cc(O)c(C(C)(C)C)cc1Sc1cc(C(C)(C)C)c(O)cc1C.Cc1ccc(NC(=O)CCc2cc(C(C)(C)C)c(O)c(C(C)(C)C)c2)cc1. The number of benzene rings is 8. The number of ketones is 1. The summed E-state index contributed by atoms with van der Waals surface area (Å²) in [6, 6.07) is 36.5. The standard InChI is InChI=1S/C30H46O2.C24H33NO2.C22H30O2S.C19H30O3.C18H28O2.2CH4/c1-18(21-14-19(27(2,3)4)16-23(25(21)31)29(8,9)10)22-15-20(28(5,6)7)17-24(26(22)32)30(11,12)13;1-16-8-11-18(12-9-16)25-21(26)13-10-17-14-19(23(2,3)4)22(27)20(15-17)24(5,6)7;1-13-9-17(23)15(21(3,4)5)11-19(13)25-20-12-16(22(6,7)8)18(24)10-14(20)2;1-8-22-16(20)10-9-13-11-14(18(2,3)4)17(21)15(12-13)19(5,6)7;1-12(19)8-9-13-10-14(17(2,3)4)16(20)15(11-13)18(5,6)7;;/h14-18,31-32H,1-13H3;8-9,11-12,14-15,27H,10,13H2,1-7H3,(H,25,26);9-12,23-24H,1-8H3;11-12,21H,8-10H2,1-7H3;10-11,20H,8-9H2,1-7H3;2*1H4. The van der Waals surface area contributed by atoms with E-state index in [9.17, 15) is 50.1 Å². The zero-order chi connectivity index (χ0) is 97.4. The Balaban J connectivity index is 0.000000544. The molecule has 0 aliphatic heterocycles. The molecule has 128 heavy (non-hydrogen) atoms. The van der Waals surface area contributed by atoms with Crippen LogP contribution in [0.5, 0.6) is 40.2 Å². The first-order chi connectivity index (χ1) is 56.7. The number of carbonyl (C=O) groups is 3. The number of amides is 1. The van der Waals surface area contributed by atoms with Gasteiger partial charge >= 0.3 is 5.97 Å². The summed E-state index contributed by atoms with van der Waals surface area (Å²) >= 11 is 1.70. The van der Waals surface area contributed by atoms with Crippen molar-refractivity contribution in [3.8, 4) is 40.2 Å². The molecule has 0 radical (unpaired) electrons. The van der Waals surface area contributed by atoms with E-state index >= 15 is 0 Å². The number of rotatable bonds is 15. The van der Waals surface area contributed by atoms with Crippen LogP contribution in [0.15, 0.2) is 119 Å². The van der Waals surface area contributed by atoms with Gasteiger partial charge in [-0.25, -0.2) is 0 Å². The normalized spacial score (nSPS) is 12.5. The highest BCUT2D eigenvalue weighted by molar-refractivity contribution is 7.99. The van der Waals surface area contributed by atoms with E-state index in [1.807, 2.05) is 100 Å². The van der Waals surface area contributed by atoms with E-state index in [2.05, 4.69) is 298 Å². The third kappa shape index (κ3) is 33.0. The minimum atomic E-state index is -0.189. The smallest absolute Gasteiger partial charge is 0.306 e. The van der Waals surface area contributed by atoms with Crippen molar-refractivity contribution in [2.75, 3.05) is 11.9 Å². The van der Waals surface area contributed by atoms with Crippen molar-refractivity contribution < 1.29 is 54.9 Å². The van der Waals surface area contributed by atoms with Gasteiger partial charge in [0.1, 0.15) is 46.0 Å². The first kappa shape index (κ1) is 115. The Morgan fingerprint density at radius 2 is 0.594 bits per heavy atom. The average molecular weight is 1780 g/mol. The third-order valence-electron chi connectivity index (χ3n) is 23.0. The van der Waals surface area contributed by atoms with E-state index in [1.165, 1.54) is 16.7 Å². The number of Topliss-reactive ketones (excluding diaryl/α,β-unsaturated/α-hetero) is 1. The number of esters is 1. The summed E-state index contributed by atoms with van der Waals surface area (Å²) in [4.78, 5) is 37.4. The van der Waals surface area contributed by atoms with Crippen molar-refractivity contribution in [1.82, 2.24) is 0 Å². The maximum atomic E-state index is 12.3. The van der Waals surface area contributed by atoms with Gasteiger partial charge in [0.05, 0.1) is 6.61 Å². The molecule has 0 saturated heterocycles. The van der Waals surface area contributed by atoms with E-state index in [0.717, 1.165) is 116 Å². The van der Waals surface area contributed by atoms with Crippen LogP contribution in [0.2, 0.25) is 0 Å². The fourth-order valence-electron chi connectivity index (χ4n) is 14.9. The predicted molar refractivity (Wildman–Crippen MR) is 548 cm³/mol. The maximum absolute atomic E-state index is 12.3. The number of hydrogen-bond acceptors (Lipinski definition) is 12. The van der Waals surface area contributed by atoms with Gasteiger partial charge in [-0.15, -0.1) is 0 Å². The molecule has 0 fully saturated rings. The quantitative estimate of drug-likeness (QED) is 0.0450. The van der Waals surface area contributed by atoms with Gasteiger partial charge in [-0.1, -0.05) is 361 Å². The average Bonchev–Trinajstić information content (AvgIpc) is 0.750. The van der Waals surface area contributed by atoms with Gasteiger partial charge in [0.15, 0.2) is 0 Å². The first-order valence-corrected chi connectivity index (χ1v) is 46.3. The van der Waals surface area contributed by atoms with Gasteiger partial charge < -0.3 is 50.6 Å². The van der Waals surface area contributed by atoms with Crippen LogP contribution in [0, 0.1) is 20.8 Å². The molecule has 13 heteroatoms. The second-order valence-electron chi connectivity index (χ2n) is 47.6. The fraction of sp³-hybridized carbons (Fsp3) is 0.557. The summed E-state index contributed by atoms with van der Waals surface area (Å²) in [7, 11) is 0. The summed E-state index contributed by atoms with van der Waals surface area (Å²) in [6.45, 7) is 88.4. The molecule has 8 N–H and O–H groups in total. The number of anilines is 1. The van der Waals surface area contributed by atoms with E-state index in [4.69, 9.17) is 4.74 Å². The molecule has 0 saturated carbocycles. The minimum Gasteiger partial charge on any atom is -0.508 e. The number of carbonyl (C=O) groups excluding carboxylic acids is 3. The van der Waals surface area contributed by atoms with Crippen molar-refractivity contribution in [2.24, 2.45) is 0 Å².